The smallest absolute Gasteiger partial charge is 0.234 e. The fourth-order valence-electron chi connectivity index (χ4n) is 2.99. The van der Waals surface area contributed by atoms with Gasteiger partial charge in [0.05, 0.1) is 11.3 Å². The van der Waals surface area contributed by atoms with Gasteiger partial charge >= 0.3 is 0 Å². The van der Waals surface area contributed by atoms with Crippen LogP contribution < -0.4 is 5.32 Å². The van der Waals surface area contributed by atoms with Gasteiger partial charge in [-0.3, -0.25) is 9.89 Å². The summed E-state index contributed by atoms with van der Waals surface area (Å²) in [6, 6.07) is 12.0. The summed E-state index contributed by atoms with van der Waals surface area (Å²) in [6.45, 7) is 1.81. The number of hydrogen-bond donors (Lipinski definition) is 2. The summed E-state index contributed by atoms with van der Waals surface area (Å²) in [4.78, 5) is 16.9. The van der Waals surface area contributed by atoms with Gasteiger partial charge in [-0.1, -0.05) is 61.4 Å². The van der Waals surface area contributed by atoms with Crippen molar-refractivity contribution in [3.8, 4) is 17.5 Å². The maximum absolute atomic E-state index is 12.5. The Labute approximate surface area is 151 Å². The number of H-pyrrole nitrogens is 1. The fourth-order valence-corrected chi connectivity index (χ4v) is 3.72. The first-order valence-electron chi connectivity index (χ1n) is 8.50. The van der Waals surface area contributed by atoms with E-state index in [-0.39, 0.29) is 11.2 Å². The molecule has 0 saturated heterocycles. The van der Waals surface area contributed by atoms with Crippen molar-refractivity contribution < 1.29 is 4.79 Å². The predicted molar refractivity (Wildman–Crippen MR) is 96.7 cm³/mol. The molecule has 0 spiro atoms. The number of thioether (sulfide) groups is 1. The molecule has 0 unspecified atom stereocenters. The molecule has 3 rings (SSSR count). The van der Waals surface area contributed by atoms with Gasteiger partial charge in [0, 0.05) is 5.56 Å². The molecule has 25 heavy (non-hydrogen) atoms. The van der Waals surface area contributed by atoms with Crippen molar-refractivity contribution in [1.82, 2.24) is 20.5 Å². The van der Waals surface area contributed by atoms with Crippen LogP contribution in [0.4, 0.5) is 0 Å². The van der Waals surface area contributed by atoms with Crippen molar-refractivity contribution in [2.24, 2.45) is 0 Å². The van der Waals surface area contributed by atoms with Crippen molar-refractivity contribution in [3.05, 3.63) is 30.3 Å². The highest BCUT2D eigenvalue weighted by molar-refractivity contribution is 8.00. The third-order valence-electron chi connectivity index (χ3n) is 4.45. The second-order valence-electron chi connectivity index (χ2n) is 6.34. The molecule has 1 saturated carbocycles. The van der Waals surface area contributed by atoms with Crippen molar-refractivity contribution >= 4 is 17.7 Å². The molecule has 7 heteroatoms. The van der Waals surface area contributed by atoms with Crippen molar-refractivity contribution in [3.63, 3.8) is 0 Å². The molecule has 2 aromatic rings. The SMILES string of the molecule is C[C@@H](Sc1n[nH]c(-c2ccccc2)n1)C(=O)NC1(C#N)CCCCC1. The monoisotopic (exact) mass is 355 g/mol. The summed E-state index contributed by atoms with van der Waals surface area (Å²) in [5.74, 6) is 0.538. The number of amides is 1. The van der Waals surface area contributed by atoms with Crippen LogP contribution in [0.1, 0.15) is 39.0 Å². The van der Waals surface area contributed by atoms with Gasteiger partial charge < -0.3 is 5.32 Å². The number of hydrogen-bond acceptors (Lipinski definition) is 5. The second-order valence-corrected chi connectivity index (χ2v) is 7.64. The van der Waals surface area contributed by atoms with Gasteiger partial charge in [-0.15, -0.1) is 5.10 Å². The molecular weight excluding hydrogens is 334 g/mol. The summed E-state index contributed by atoms with van der Waals surface area (Å²) in [6.07, 6.45) is 4.55. The molecule has 1 aliphatic rings. The number of rotatable bonds is 5. The van der Waals surface area contributed by atoms with Crippen LogP contribution in [0.15, 0.2) is 35.5 Å². The van der Waals surface area contributed by atoms with Crippen molar-refractivity contribution in [2.45, 2.75) is 55.0 Å². The third kappa shape index (κ3) is 4.20. The average molecular weight is 355 g/mol. The van der Waals surface area contributed by atoms with Gasteiger partial charge in [0.2, 0.25) is 11.1 Å². The number of aromatic amines is 1. The standard InChI is InChI=1S/C18H21N5OS/c1-13(16(24)21-18(12-19)10-6-3-7-11-18)25-17-20-15(22-23-17)14-8-4-2-5-9-14/h2,4-5,8-9,13H,3,6-7,10-11H2,1H3,(H,21,24)(H,20,22,23)/t13-/m1/s1. The number of nitrogens with zero attached hydrogens (tertiary/aromatic N) is 3. The first-order chi connectivity index (χ1) is 12.1. The van der Waals surface area contributed by atoms with E-state index >= 15 is 0 Å². The molecule has 1 amide bonds. The maximum atomic E-state index is 12.5. The molecular formula is C18H21N5OS. The topological polar surface area (TPSA) is 94.5 Å². The number of carbonyl (C=O) groups excluding carboxylic acids is 1. The van der Waals surface area contributed by atoms with E-state index in [1.165, 1.54) is 11.8 Å². The minimum atomic E-state index is -0.710. The Hall–Kier alpha value is -2.33. The Morgan fingerprint density at radius 1 is 1.32 bits per heavy atom. The normalized spacial score (nSPS) is 17.4. The zero-order chi connectivity index (χ0) is 17.7. The predicted octanol–water partition coefficient (Wildman–Crippen LogP) is 3.29. The number of benzene rings is 1. The molecule has 1 aromatic heterocycles. The number of aromatic nitrogens is 3. The first kappa shape index (κ1) is 17.5. The Morgan fingerprint density at radius 2 is 2.04 bits per heavy atom. The summed E-state index contributed by atoms with van der Waals surface area (Å²) in [5, 5.41) is 19.7. The van der Waals surface area contributed by atoms with E-state index in [9.17, 15) is 10.1 Å². The highest BCUT2D eigenvalue weighted by atomic mass is 32.2. The van der Waals surface area contributed by atoms with Gasteiger partial charge in [0.25, 0.3) is 0 Å². The lowest BCUT2D eigenvalue weighted by Gasteiger charge is -2.32. The zero-order valence-electron chi connectivity index (χ0n) is 14.2. The van der Waals surface area contributed by atoms with Crippen LogP contribution in [-0.4, -0.2) is 31.9 Å². The van der Waals surface area contributed by atoms with Crippen LogP contribution in [0.3, 0.4) is 0 Å². The summed E-state index contributed by atoms with van der Waals surface area (Å²) in [7, 11) is 0. The largest absolute Gasteiger partial charge is 0.337 e. The molecule has 1 atom stereocenters. The minimum Gasteiger partial charge on any atom is -0.337 e. The Balaban J connectivity index is 1.62. The third-order valence-corrected chi connectivity index (χ3v) is 5.41. The second kappa shape index (κ2) is 7.70. The average Bonchev–Trinajstić information content (AvgIpc) is 3.11. The minimum absolute atomic E-state index is 0.139. The van der Waals surface area contributed by atoms with Gasteiger partial charge in [0.15, 0.2) is 5.82 Å². The fraction of sp³-hybridized carbons (Fsp3) is 0.444. The van der Waals surface area contributed by atoms with Crippen LogP contribution in [0.5, 0.6) is 0 Å². The van der Waals surface area contributed by atoms with Gasteiger partial charge in [-0.25, -0.2) is 4.98 Å². The molecule has 0 bridgehead atoms. The number of nitrogens with one attached hydrogen (secondary N) is 2. The molecule has 0 aliphatic heterocycles. The zero-order valence-corrected chi connectivity index (χ0v) is 15.0. The molecule has 0 radical (unpaired) electrons. The quantitative estimate of drug-likeness (QED) is 0.803. The van der Waals surface area contributed by atoms with Gasteiger partial charge in [-0.05, 0) is 19.8 Å². The molecule has 1 fully saturated rings. The Kier molecular flexibility index (Phi) is 5.39. The van der Waals surface area contributed by atoms with E-state index in [1.54, 1.807) is 0 Å². The van der Waals surface area contributed by atoms with Crippen LogP contribution in [0.2, 0.25) is 0 Å². The molecule has 6 nitrogen and oxygen atoms in total. The van der Waals surface area contributed by atoms with Gasteiger partial charge in [-0.2, -0.15) is 5.26 Å². The lowest BCUT2D eigenvalue weighted by Crippen LogP contribution is -2.50. The van der Waals surface area contributed by atoms with Crippen LogP contribution in [0, 0.1) is 11.3 Å². The summed E-state index contributed by atoms with van der Waals surface area (Å²) >= 11 is 1.29. The molecule has 1 aliphatic carbocycles. The van der Waals surface area contributed by atoms with Crippen LogP contribution in [-0.2, 0) is 4.79 Å². The highest BCUT2D eigenvalue weighted by Crippen LogP contribution is 2.29. The van der Waals surface area contributed by atoms with Crippen LogP contribution in [0.25, 0.3) is 11.4 Å². The van der Waals surface area contributed by atoms with E-state index in [1.807, 2.05) is 37.3 Å². The maximum Gasteiger partial charge on any atom is 0.234 e. The van der Waals surface area contributed by atoms with Crippen molar-refractivity contribution in [2.75, 3.05) is 0 Å². The lowest BCUT2D eigenvalue weighted by atomic mass is 9.83. The molecule has 1 heterocycles. The van der Waals surface area contributed by atoms with E-state index in [0.717, 1.165) is 37.7 Å². The summed E-state index contributed by atoms with van der Waals surface area (Å²) < 4.78 is 0. The van der Waals surface area contributed by atoms with Crippen LogP contribution >= 0.6 is 11.8 Å². The molecule has 2 N–H and O–H groups in total. The molecule has 130 valence electrons. The van der Waals surface area contributed by atoms with E-state index in [2.05, 4.69) is 26.6 Å². The first-order valence-corrected chi connectivity index (χ1v) is 9.38. The Morgan fingerprint density at radius 3 is 2.72 bits per heavy atom. The number of nitriles is 1. The lowest BCUT2D eigenvalue weighted by molar-refractivity contribution is -0.121. The number of carbonyl (C=O) groups is 1. The molecule has 1 aromatic carbocycles. The van der Waals surface area contributed by atoms with E-state index in [4.69, 9.17) is 0 Å². The van der Waals surface area contributed by atoms with E-state index < -0.39 is 5.54 Å². The highest BCUT2D eigenvalue weighted by Gasteiger charge is 2.35. The summed E-state index contributed by atoms with van der Waals surface area (Å²) in [5.41, 5.74) is 0.239. The van der Waals surface area contributed by atoms with Gasteiger partial charge in [0.1, 0.15) is 5.54 Å². The van der Waals surface area contributed by atoms with Crippen molar-refractivity contribution in [1.29, 1.82) is 5.26 Å². The Bertz CT molecular complexity index is 761. The van der Waals surface area contributed by atoms with E-state index in [0.29, 0.717) is 11.0 Å².